The topological polar surface area (TPSA) is 66.5 Å². The van der Waals surface area contributed by atoms with Crippen molar-refractivity contribution in [2.75, 3.05) is 13.1 Å². The molecule has 26 heavy (non-hydrogen) atoms. The summed E-state index contributed by atoms with van der Waals surface area (Å²) in [5.74, 6) is -0.842. The third-order valence-corrected chi connectivity index (χ3v) is 4.48. The second-order valence-corrected chi connectivity index (χ2v) is 6.29. The number of imide groups is 1. The van der Waals surface area contributed by atoms with Crippen LogP contribution in [0.25, 0.3) is 0 Å². The van der Waals surface area contributed by atoms with Crippen LogP contribution in [0.4, 0.5) is 0 Å². The van der Waals surface area contributed by atoms with Gasteiger partial charge in [-0.25, -0.2) is 0 Å². The molecule has 0 saturated heterocycles. The molecule has 0 fully saturated rings. The first-order chi connectivity index (χ1) is 12.5. The van der Waals surface area contributed by atoms with E-state index in [0.717, 1.165) is 10.5 Å². The molecule has 0 aromatic heterocycles. The van der Waals surface area contributed by atoms with Gasteiger partial charge in [0.25, 0.3) is 17.7 Å². The van der Waals surface area contributed by atoms with Crippen LogP contribution in [0.15, 0.2) is 61.2 Å². The first-order valence-electron chi connectivity index (χ1n) is 8.47. The van der Waals surface area contributed by atoms with Gasteiger partial charge in [0, 0.05) is 18.7 Å². The van der Waals surface area contributed by atoms with E-state index in [2.05, 4.69) is 11.9 Å². The van der Waals surface area contributed by atoms with Gasteiger partial charge in [0.2, 0.25) is 0 Å². The molecule has 2 aromatic rings. The van der Waals surface area contributed by atoms with Crippen LogP contribution in [0.2, 0.25) is 0 Å². The van der Waals surface area contributed by atoms with Gasteiger partial charge in [-0.05, 0) is 29.7 Å². The van der Waals surface area contributed by atoms with E-state index < -0.39 is 5.91 Å². The zero-order valence-corrected chi connectivity index (χ0v) is 14.6. The van der Waals surface area contributed by atoms with Crippen molar-refractivity contribution in [3.05, 3.63) is 83.4 Å². The first-order valence-corrected chi connectivity index (χ1v) is 8.47. The third kappa shape index (κ3) is 3.28. The molecule has 0 bridgehead atoms. The van der Waals surface area contributed by atoms with E-state index in [0.29, 0.717) is 17.7 Å². The molecule has 0 spiro atoms. The fourth-order valence-corrected chi connectivity index (χ4v) is 2.97. The van der Waals surface area contributed by atoms with Crippen molar-refractivity contribution in [2.45, 2.75) is 12.8 Å². The van der Waals surface area contributed by atoms with Crippen molar-refractivity contribution in [3.8, 4) is 0 Å². The van der Waals surface area contributed by atoms with Crippen LogP contribution >= 0.6 is 0 Å². The van der Waals surface area contributed by atoms with Gasteiger partial charge in [-0.2, -0.15) is 0 Å². The van der Waals surface area contributed by atoms with Gasteiger partial charge in [-0.1, -0.05) is 43.3 Å². The van der Waals surface area contributed by atoms with Gasteiger partial charge >= 0.3 is 0 Å². The minimum absolute atomic E-state index is 0.155. The summed E-state index contributed by atoms with van der Waals surface area (Å²) in [5, 5.41) is 2.89. The Bertz CT molecular complexity index is 874. The van der Waals surface area contributed by atoms with Crippen LogP contribution in [0, 0.1) is 0 Å². The Kier molecular flexibility index (Phi) is 4.98. The number of fused-ring (bicyclic) bond motifs is 1. The van der Waals surface area contributed by atoms with Crippen molar-refractivity contribution >= 4 is 17.7 Å². The molecule has 2 aromatic carbocycles. The van der Waals surface area contributed by atoms with Crippen molar-refractivity contribution in [2.24, 2.45) is 0 Å². The highest BCUT2D eigenvalue weighted by Gasteiger charge is 2.35. The molecule has 1 aliphatic rings. The highest BCUT2D eigenvalue weighted by molar-refractivity contribution is 6.22. The SMILES string of the molecule is C=CCN1C(=O)c2ccc(C(=O)NC[C@H](C)c3ccccc3)cc2C1=O. The number of hydrogen-bond acceptors (Lipinski definition) is 3. The number of nitrogens with zero attached hydrogens (tertiary/aromatic N) is 1. The van der Waals surface area contributed by atoms with Crippen LogP contribution < -0.4 is 5.32 Å². The summed E-state index contributed by atoms with van der Waals surface area (Å²) in [6.45, 7) is 6.23. The Morgan fingerprint density at radius 1 is 1.12 bits per heavy atom. The molecule has 1 atom stereocenters. The molecular weight excluding hydrogens is 328 g/mol. The lowest BCUT2D eigenvalue weighted by Crippen LogP contribution is -2.29. The molecule has 0 aliphatic carbocycles. The molecule has 1 aliphatic heterocycles. The molecule has 1 N–H and O–H groups in total. The predicted molar refractivity (Wildman–Crippen MR) is 99.2 cm³/mol. The molecular formula is C21H20N2O3. The molecule has 132 valence electrons. The second-order valence-electron chi connectivity index (χ2n) is 6.29. The average Bonchev–Trinajstić information content (AvgIpc) is 2.91. The Morgan fingerprint density at radius 3 is 2.50 bits per heavy atom. The molecule has 1 heterocycles. The Hall–Kier alpha value is -3.21. The number of carbonyl (C=O) groups is 3. The van der Waals surface area contributed by atoms with Gasteiger partial charge in [0.15, 0.2) is 0 Å². The number of hydrogen-bond donors (Lipinski definition) is 1. The minimum atomic E-state index is -0.391. The van der Waals surface area contributed by atoms with Gasteiger partial charge in [0.05, 0.1) is 11.1 Å². The fraction of sp³-hybridized carbons (Fsp3) is 0.190. The number of carbonyl (C=O) groups excluding carboxylic acids is 3. The number of benzene rings is 2. The lowest BCUT2D eigenvalue weighted by molar-refractivity contribution is 0.0672. The summed E-state index contributed by atoms with van der Waals surface area (Å²) < 4.78 is 0. The Morgan fingerprint density at radius 2 is 1.81 bits per heavy atom. The maximum atomic E-state index is 12.4. The van der Waals surface area contributed by atoms with E-state index in [9.17, 15) is 14.4 Å². The van der Waals surface area contributed by atoms with E-state index >= 15 is 0 Å². The molecule has 5 heteroatoms. The van der Waals surface area contributed by atoms with E-state index in [-0.39, 0.29) is 29.8 Å². The molecule has 3 rings (SSSR count). The Balaban J connectivity index is 1.71. The number of rotatable bonds is 6. The Labute approximate surface area is 152 Å². The summed E-state index contributed by atoms with van der Waals surface area (Å²) >= 11 is 0. The highest BCUT2D eigenvalue weighted by Crippen LogP contribution is 2.24. The van der Waals surface area contributed by atoms with Crippen LogP contribution in [-0.2, 0) is 0 Å². The zero-order valence-electron chi connectivity index (χ0n) is 14.6. The van der Waals surface area contributed by atoms with Crippen molar-refractivity contribution in [1.29, 1.82) is 0 Å². The van der Waals surface area contributed by atoms with Crippen LogP contribution in [0.1, 0.15) is 49.5 Å². The van der Waals surface area contributed by atoms with Crippen molar-refractivity contribution < 1.29 is 14.4 Å². The summed E-state index contributed by atoms with van der Waals surface area (Å²) in [6, 6.07) is 14.5. The van der Waals surface area contributed by atoms with Crippen LogP contribution in [-0.4, -0.2) is 35.7 Å². The normalized spacial score (nSPS) is 14.1. The van der Waals surface area contributed by atoms with Gasteiger partial charge in [-0.3, -0.25) is 19.3 Å². The quantitative estimate of drug-likeness (QED) is 0.645. The smallest absolute Gasteiger partial charge is 0.261 e. The van der Waals surface area contributed by atoms with Gasteiger partial charge in [0.1, 0.15) is 0 Å². The van der Waals surface area contributed by atoms with Gasteiger partial charge in [-0.15, -0.1) is 6.58 Å². The second kappa shape index (κ2) is 7.35. The maximum Gasteiger partial charge on any atom is 0.261 e. The summed E-state index contributed by atoms with van der Waals surface area (Å²) in [5.41, 5.74) is 2.10. The van der Waals surface area contributed by atoms with E-state index in [1.165, 1.54) is 18.2 Å². The molecule has 0 saturated carbocycles. The summed E-state index contributed by atoms with van der Waals surface area (Å²) in [4.78, 5) is 38.1. The number of nitrogens with one attached hydrogen (secondary N) is 1. The maximum absolute atomic E-state index is 12.4. The molecule has 5 nitrogen and oxygen atoms in total. The average molecular weight is 348 g/mol. The van der Waals surface area contributed by atoms with Crippen LogP contribution in [0.3, 0.4) is 0 Å². The van der Waals surface area contributed by atoms with E-state index in [4.69, 9.17) is 0 Å². The lowest BCUT2D eigenvalue weighted by Gasteiger charge is -2.13. The zero-order chi connectivity index (χ0) is 18.7. The number of amides is 3. The fourth-order valence-electron chi connectivity index (χ4n) is 2.97. The van der Waals surface area contributed by atoms with Crippen molar-refractivity contribution in [3.63, 3.8) is 0 Å². The summed E-state index contributed by atoms with van der Waals surface area (Å²) in [7, 11) is 0. The third-order valence-electron chi connectivity index (χ3n) is 4.48. The lowest BCUT2D eigenvalue weighted by atomic mass is 10.0. The highest BCUT2D eigenvalue weighted by atomic mass is 16.2. The molecule has 3 amide bonds. The van der Waals surface area contributed by atoms with Crippen LogP contribution in [0.5, 0.6) is 0 Å². The predicted octanol–water partition coefficient (Wildman–Crippen LogP) is 3.00. The van der Waals surface area contributed by atoms with Crippen molar-refractivity contribution in [1.82, 2.24) is 10.2 Å². The largest absolute Gasteiger partial charge is 0.351 e. The molecule has 0 radical (unpaired) electrons. The first kappa shape index (κ1) is 17.6. The minimum Gasteiger partial charge on any atom is -0.351 e. The van der Waals surface area contributed by atoms with Gasteiger partial charge < -0.3 is 5.32 Å². The standard InChI is InChI=1S/C21H20N2O3/c1-3-11-23-20(25)17-10-9-16(12-18(17)21(23)26)19(24)22-13-14(2)15-7-5-4-6-8-15/h3-10,12,14H,1,11,13H2,2H3,(H,22,24)/t14-/m0/s1. The van der Waals surface area contributed by atoms with E-state index in [1.54, 1.807) is 6.07 Å². The molecule has 0 unspecified atom stereocenters. The monoisotopic (exact) mass is 348 g/mol. The van der Waals surface area contributed by atoms with E-state index in [1.807, 2.05) is 37.3 Å². The summed E-state index contributed by atoms with van der Waals surface area (Å²) in [6.07, 6.45) is 1.50.